The summed E-state index contributed by atoms with van der Waals surface area (Å²) < 4.78 is 39.1. The number of carbonyl (C=O) groups excluding carboxylic acids is 3. The van der Waals surface area contributed by atoms with E-state index in [1.54, 1.807) is 42.5 Å². The third-order valence-corrected chi connectivity index (χ3v) is 5.17. The first kappa shape index (κ1) is 21.3. The summed E-state index contributed by atoms with van der Waals surface area (Å²) in [5.41, 5.74) is 0.0493. The predicted octanol–water partition coefficient (Wildman–Crippen LogP) is 4.55. The van der Waals surface area contributed by atoms with E-state index >= 15 is 0 Å². The number of benzene rings is 3. The molecule has 0 bridgehead atoms. The fraction of sp³-hybridized carbons (Fsp3) is 0.125. The molecule has 0 saturated heterocycles. The Morgan fingerprint density at radius 2 is 1.44 bits per heavy atom. The van der Waals surface area contributed by atoms with Crippen molar-refractivity contribution in [1.82, 2.24) is 4.90 Å². The number of nitrogens with one attached hydrogen (secondary N) is 1. The van der Waals surface area contributed by atoms with Crippen molar-refractivity contribution in [2.45, 2.75) is 18.6 Å². The van der Waals surface area contributed by atoms with Crippen LogP contribution in [-0.2, 0) is 17.4 Å². The average molecular weight is 438 g/mol. The Morgan fingerprint density at radius 3 is 2.03 bits per heavy atom. The van der Waals surface area contributed by atoms with E-state index in [2.05, 4.69) is 5.32 Å². The van der Waals surface area contributed by atoms with Crippen molar-refractivity contribution < 1.29 is 27.6 Å². The molecular formula is C24H17F3N2O3. The molecule has 1 aliphatic rings. The highest BCUT2D eigenvalue weighted by atomic mass is 19.4. The molecule has 32 heavy (non-hydrogen) atoms. The molecule has 0 saturated carbocycles. The number of carbonyl (C=O) groups is 3. The number of alkyl halides is 3. The van der Waals surface area contributed by atoms with Crippen LogP contribution in [0.3, 0.4) is 0 Å². The highest BCUT2D eigenvalue weighted by molar-refractivity contribution is 6.23. The first-order chi connectivity index (χ1) is 15.3. The summed E-state index contributed by atoms with van der Waals surface area (Å²) in [6, 6.07) is 17.9. The van der Waals surface area contributed by atoms with E-state index in [0.717, 1.165) is 17.0 Å². The van der Waals surface area contributed by atoms with Gasteiger partial charge in [0.25, 0.3) is 11.8 Å². The van der Waals surface area contributed by atoms with Crippen molar-refractivity contribution in [3.05, 3.63) is 101 Å². The minimum atomic E-state index is -4.58. The first-order valence-electron chi connectivity index (χ1n) is 9.74. The Hall–Kier alpha value is -3.94. The van der Waals surface area contributed by atoms with Crippen molar-refractivity contribution in [2.75, 3.05) is 5.32 Å². The maximum absolute atomic E-state index is 13.2. The van der Waals surface area contributed by atoms with E-state index < -0.39 is 35.5 Å². The van der Waals surface area contributed by atoms with Gasteiger partial charge in [-0.15, -0.1) is 0 Å². The summed E-state index contributed by atoms with van der Waals surface area (Å²) in [5.74, 6) is -2.00. The predicted molar refractivity (Wildman–Crippen MR) is 111 cm³/mol. The smallest absolute Gasteiger partial charge is 0.324 e. The van der Waals surface area contributed by atoms with E-state index in [-0.39, 0.29) is 23.2 Å². The topological polar surface area (TPSA) is 66.5 Å². The number of fused-ring (bicyclic) bond motifs is 1. The zero-order valence-electron chi connectivity index (χ0n) is 16.6. The van der Waals surface area contributed by atoms with E-state index in [4.69, 9.17) is 0 Å². The molecule has 1 heterocycles. The van der Waals surface area contributed by atoms with Gasteiger partial charge >= 0.3 is 6.18 Å². The number of hydrogen-bond donors (Lipinski definition) is 1. The maximum atomic E-state index is 13.2. The van der Waals surface area contributed by atoms with E-state index in [1.807, 2.05) is 0 Å². The number of rotatable bonds is 5. The van der Waals surface area contributed by atoms with Crippen LogP contribution in [0.15, 0.2) is 78.9 Å². The lowest BCUT2D eigenvalue weighted by Gasteiger charge is -2.25. The van der Waals surface area contributed by atoms with Gasteiger partial charge in [0.05, 0.1) is 16.7 Å². The number of halogens is 3. The molecule has 5 nitrogen and oxygen atoms in total. The van der Waals surface area contributed by atoms with Gasteiger partial charge in [-0.3, -0.25) is 19.3 Å². The quantitative estimate of drug-likeness (QED) is 0.595. The number of imide groups is 1. The van der Waals surface area contributed by atoms with Crippen molar-refractivity contribution >= 4 is 23.4 Å². The molecule has 4 rings (SSSR count). The average Bonchev–Trinajstić information content (AvgIpc) is 3.03. The van der Waals surface area contributed by atoms with Crippen LogP contribution in [0.1, 0.15) is 31.8 Å². The lowest BCUT2D eigenvalue weighted by Crippen LogP contribution is -2.48. The number of amides is 3. The van der Waals surface area contributed by atoms with Crippen molar-refractivity contribution in [2.24, 2.45) is 0 Å². The molecule has 8 heteroatoms. The van der Waals surface area contributed by atoms with Gasteiger partial charge in [0, 0.05) is 12.1 Å². The van der Waals surface area contributed by atoms with Crippen molar-refractivity contribution in [1.29, 1.82) is 0 Å². The fourth-order valence-corrected chi connectivity index (χ4v) is 3.63. The molecule has 1 aliphatic heterocycles. The zero-order chi connectivity index (χ0) is 22.9. The lowest BCUT2D eigenvalue weighted by atomic mass is 10.0. The first-order valence-corrected chi connectivity index (χ1v) is 9.74. The van der Waals surface area contributed by atoms with Crippen LogP contribution in [0.4, 0.5) is 18.9 Å². The molecule has 162 valence electrons. The lowest BCUT2D eigenvalue weighted by molar-refractivity contribution is -0.137. The molecular weight excluding hydrogens is 421 g/mol. The normalized spacial score (nSPS) is 14.3. The fourth-order valence-electron chi connectivity index (χ4n) is 3.63. The molecule has 0 aliphatic carbocycles. The van der Waals surface area contributed by atoms with Gasteiger partial charge in [-0.1, -0.05) is 48.5 Å². The minimum Gasteiger partial charge on any atom is -0.324 e. The second kappa shape index (κ2) is 8.30. The third kappa shape index (κ3) is 4.12. The van der Waals surface area contributed by atoms with Gasteiger partial charge in [0.2, 0.25) is 5.91 Å². The third-order valence-electron chi connectivity index (χ3n) is 5.17. The van der Waals surface area contributed by atoms with Crippen molar-refractivity contribution in [3.8, 4) is 0 Å². The Morgan fingerprint density at radius 1 is 0.844 bits per heavy atom. The van der Waals surface area contributed by atoms with Crippen LogP contribution in [0, 0.1) is 0 Å². The molecule has 0 spiro atoms. The molecule has 3 aromatic rings. The molecule has 1 atom stereocenters. The van der Waals surface area contributed by atoms with Crippen LogP contribution >= 0.6 is 0 Å². The van der Waals surface area contributed by atoms with Crippen LogP contribution in [0.25, 0.3) is 0 Å². The maximum Gasteiger partial charge on any atom is 0.416 e. The molecule has 0 fully saturated rings. The highest BCUT2D eigenvalue weighted by Gasteiger charge is 2.42. The number of nitrogens with zero attached hydrogens (tertiary/aromatic N) is 1. The second-order valence-electron chi connectivity index (χ2n) is 7.30. The SMILES string of the molecule is O=C(Nc1cccc(C(F)(F)F)c1)C(Cc1ccccc1)N1C(=O)c2ccccc2C1=O. The monoisotopic (exact) mass is 438 g/mol. The van der Waals surface area contributed by atoms with Gasteiger partial charge in [0.1, 0.15) is 6.04 Å². The number of hydrogen-bond acceptors (Lipinski definition) is 3. The van der Waals surface area contributed by atoms with E-state index in [1.165, 1.54) is 24.3 Å². The largest absolute Gasteiger partial charge is 0.416 e. The standard InChI is InChI=1S/C24H17F3N2O3/c25-24(26,27)16-9-6-10-17(14-16)28-21(30)20(13-15-7-2-1-3-8-15)29-22(31)18-11-4-5-12-19(18)23(29)32/h1-12,14,20H,13H2,(H,28,30). The van der Waals surface area contributed by atoms with Gasteiger partial charge in [-0.05, 0) is 35.9 Å². The molecule has 3 aromatic carbocycles. The molecule has 3 amide bonds. The summed E-state index contributed by atoms with van der Waals surface area (Å²) in [5, 5.41) is 2.43. The second-order valence-corrected chi connectivity index (χ2v) is 7.30. The number of anilines is 1. The molecule has 1 N–H and O–H groups in total. The molecule has 0 aromatic heterocycles. The summed E-state index contributed by atoms with van der Waals surface area (Å²) in [7, 11) is 0. The summed E-state index contributed by atoms with van der Waals surface area (Å²) in [4.78, 5) is 40.0. The van der Waals surface area contributed by atoms with E-state index in [9.17, 15) is 27.6 Å². The summed E-state index contributed by atoms with van der Waals surface area (Å²) >= 11 is 0. The zero-order valence-corrected chi connectivity index (χ0v) is 16.6. The van der Waals surface area contributed by atoms with Gasteiger partial charge in [-0.2, -0.15) is 13.2 Å². The van der Waals surface area contributed by atoms with Crippen LogP contribution in [0.2, 0.25) is 0 Å². The molecule has 1 unspecified atom stereocenters. The Balaban J connectivity index is 1.67. The van der Waals surface area contributed by atoms with Crippen LogP contribution in [-0.4, -0.2) is 28.7 Å². The molecule has 0 radical (unpaired) electrons. The minimum absolute atomic E-state index is 0.0110. The Kier molecular flexibility index (Phi) is 5.52. The van der Waals surface area contributed by atoms with Gasteiger partial charge in [-0.25, -0.2) is 0 Å². The summed E-state index contributed by atoms with van der Waals surface area (Å²) in [6.07, 6.45) is -4.57. The van der Waals surface area contributed by atoms with Gasteiger partial charge < -0.3 is 5.32 Å². The Bertz CT molecular complexity index is 1160. The van der Waals surface area contributed by atoms with Crippen molar-refractivity contribution in [3.63, 3.8) is 0 Å². The van der Waals surface area contributed by atoms with Crippen LogP contribution < -0.4 is 5.32 Å². The van der Waals surface area contributed by atoms with Gasteiger partial charge in [0.15, 0.2) is 0 Å². The highest BCUT2D eigenvalue weighted by Crippen LogP contribution is 2.31. The van der Waals surface area contributed by atoms with E-state index in [0.29, 0.717) is 5.56 Å². The summed E-state index contributed by atoms with van der Waals surface area (Å²) in [6.45, 7) is 0. The Labute approximate surface area is 181 Å². The van der Waals surface area contributed by atoms with Crippen LogP contribution in [0.5, 0.6) is 0 Å².